The highest BCUT2D eigenvalue weighted by molar-refractivity contribution is 6.05. The number of rotatable bonds is 8. The Kier molecular flexibility index (Phi) is 6.74. The van der Waals surface area contributed by atoms with Gasteiger partial charge in [0, 0.05) is 17.1 Å². The molecule has 3 N–H and O–H groups in total. The summed E-state index contributed by atoms with van der Waals surface area (Å²) in [6.07, 6.45) is 1.88. The number of fused-ring (bicyclic) bond motifs is 1. The smallest absolute Gasteiger partial charge is 0.349 e. The van der Waals surface area contributed by atoms with Gasteiger partial charge in [0.15, 0.2) is 11.3 Å². The standard InChI is InChI=1S/C23H26N2O5/c1-4-6-18(24)14-7-10-16(11-8-14)25-22(26)17-13-15-9-12-19(28-3)21(29-5-2)20(15)30-23(17)27/h7-13,18H,4-6,24H2,1-3H3,(H,25,26)/t18-/m1/s1. The molecule has 3 aromatic rings. The lowest BCUT2D eigenvalue weighted by Crippen LogP contribution is -2.21. The minimum absolute atomic E-state index is 0.0381. The van der Waals surface area contributed by atoms with E-state index < -0.39 is 11.5 Å². The Hall–Kier alpha value is -3.32. The maximum Gasteiger partial charge on any atom is 0.349 e. The first-order chi connectivity index (χ1) is 14.5. The first-order valence-corrected chi connectivity index (χ1v) is 9.93. The third-order valence-corrected chi connectivity index (χ3v) is 4.77. The van der Waals surface area contributed by atoms with Crippen molar-refractivity contribution in [1.82, 2.24) is 0 Å². The Bertz CT molecular complexity index is 1090. The molecule has 0 aliphatic heterocycles. The van der Waals surface area contributed by atoms with Crippen LogP contribution in [0.15, 0.2) is 51.7 Å². The van der Waals surface area contributed by atoms with Crippen molar-refractivity contribution in [3.8, 4) is 11.5 Å². The number of carbonyl (C=O) groups is 1. The van der Waals surface area contributed by atoms with Crippen LogP contribution in [0.1, 0.15) is 48.7 Å². The number of hydrogen-bond donors (Lipinski definition) is 2. The van der Waals surface area contributed by atoms with Gasteiger partial charge in [-0.25, -0.2) is 4.79 Å². The normalized spacial score (nSPS) is 11.9. The van der Waals surface area contributed by atoms with Crippen molar-refractivity contribution in [3.63, 3.8) is 0 Å². The fraction of sp³-hybridized carbons (Fsp3) is 0.304. The minimum Gasteiger partial charge on any atom is -0.493 e. The van der Waals surface area contributed by atoms with Gasteiger partial charge in [-0.1, -0.05) is 25.5 Å². The molecule has 158 valence electrons. The molecule has 7 nitrogen and oxygen atoms in total. The molecule has 7 heteroatoms. The number of ether oxygens (including phenoxy) is 2. The van der Waals surface area contributed by atoms with E-state index >= 15 is 0 Å². The second-order valence-corrected chi connectivity index (χ2v) is 6.87. The van der Waals surface area contributed by atoms with Crippen LogP contribution in [0.3, 0.4) is 0 Å². The number of carbonyl (C=O) groups excluding carboxylic acids is 1. The number of nitrogens with two attached hydrogens (primary N) is 1. The summed E-state index contributed by atoms with van der Waals surface area (Å²) < 4.78 is 16.3. The van der Waals surface area contributed by atoms with Gasteiger partial charge in [0.1, 0.15) is 5.56 Å². The van der Waals surface area contributed by atoms with E-state index in [4.69, 9.17) is 19.6 Å². The van der Waals surface area contributed by atoms with Crippen LogP contribution in [-0.2, 0) is 0 Å². The molecule has 3 rings (SSSR count). The Morgan fingerprint density at radius 1 is 1.17 bits per heavy atom. The third kappa shape index (κ3) is 4.46. The van der Waals surface area contributed by atoms with Crippen molar-refractivity contribution in [3.05, 3.63) is 64.0 Å². The molecule has 0 saturated carbocycles. The van der Waals surface area contributed by atoms with Gasteiger partial charge in [-0.2, -0.15) is 0 Å². The number of anilines is 1. The quantitative estimate of drug-likeness (QED) is 0.538. The van der Waals surface area contributed by atoms with Gasteiger partial charge >= 0.3 is 5.63 Å². The van der Waals surface area contributed by atoms with E-state index in [1.165, 1.54) is 13.2 Å². The zero-order chi connectivity index (χ0) is 21.7. The lowest BCUT2D eigenvalue weighted by atomic mass is 10.0. The Labute approximate surface area is 174 Å². The number of hydrogen-bond acceptors (Lipinski definition) is 6. The lowest BCUT2D eigenvalue weighted by Gasteiger charge is -2.12. The first kappa shape index (κ1) is 21.4. The molecule has 1 heterocycles. The van der Waals surface area contributed by atoms with Crippen LogP contribution < -0.4 is 26.1 Å². The first-order valence-electron chi connectivity index (χ1n) is 9.93. The van der Waals surface area contributed by atoms with Crippen molar-refractivity contribution in [2.45, 2.75) is 32.7 Å². The van der Waals surface area contributed by atoms with Gasteiger partial charge in [0.25, 0.3) is 5.91 Å². The molecule has 0 spiro atoms. The lowest BCUT2D eigenvalue weighted by molar-refractivity contribution is 0.102. The molecule has 0 radical (unpaired) electrons. The summed E-state index contributed by atoms with van der Waals surface area (Å²) in [6, 6.07) is 12.1. The van der Waals surface area contributed by atoms with Crippen LogP contribution in [0.4, 0.5) is 5.69 Å². The van der Waals surface area contributed by atoms with E-state index in [0.29, 0.717) is 29.2 Å². The molecule has 0 aliphatic rings. The maximum atomic E-state index is 12.7. The summed E-state index contributed by atoms with van der Waals surface area (Å²) in [5.41, 5.74) is 7.07. The minimum atomic E-state index is -0.754. The van der Waals surface area contributed by atoms with Crippen LogP contribution in [0.5, 0.6) is 11.5 Å². The van der Waals surface area contributed by atoms with E-state index in [1.807, 2.05) is 19.1 Å². The van der Waals surface area contributed by atoms with E-state index in [0.717, 1.165) is 18.4 Å². The molecule has 1 atom stereocenters. The Morgan fingerprint density at radius 2 is 1.90 bits per heavy atom. The Balaban J connectivity index is 1.88. The van der Waals surface area contributed by atoms with Crippen molar-refractivity contribution in [2.75, 3.05) is 19.0 Å². The predicted molar refractivity (Wildman–Crippen MR) is 116 cm³/mol. The van der Waals surface area contributed by atoms with E-state index in [-0.39, 0.29) is 17.2 Å². The van der Waals surface area contributed by atoms with Gasteiger partial charge < -0.3 is 24.9 Å². The summed E-state index contributed by atoms with van der Waals surface area (Å²) in [7, 11) is 1.50. The molecular formula is C23H26N2O5. The van der Waals surface area contributed by atoms with Gasteiger partial charge in [-0.05, 0) is 49.2 Å². The second-order valence-electron chi connectivity index (χ2n) is 6.87. The van der Waals surface area contributed by atoms with Crippen LogP contribution in [0.2, 0.25) is 0 Å². The maximum absolute atomic E-state index is 12.7. The molecular weight excluding hydrogens is 384 g/mol. The molecule has 0 aliphatic carbocycles. The number of amides is 1. The van der Waals surface area contributed by atoms with Crippen molar-refractivity contribution >= 4 is 22.6 Å². The zero-order valence-corrected chi connectivity index (χ0v) is 17.4. The van der Waals surface area contributed by atoms with E-state index in [2.05, 4.69) is 12.2 Å². The molecule has 0 unspecified atom stereocenters. The van der Waals surface area contributed by atoms with Gasteiger partial charge in [-0.15, -0.1) is 0 Å². The largest absolute Gasteiger partial charge is 0.493 e. The molecule has 1 aromatic heterocycles. The SMILES string of the molecule is CCC[C@@H](N)c1ccc(NC(=O)c2cc3ccc(OC)c(OCC)c3oc2=O)cc1. The topological polar surface area (TPSA) is 104 Å². The average molecular weight is 410 g/mol. The molecule has 2 aromatic carbocycles. The van der Waals surface area contributed by atoms with Crippen molar-refractivity contribution < 1.29 is 18.7 Å². The van der Waals surface area contributed by atoms with Crippen LogP contribution in [0, 0.1) is 0 Å². The second kappa shape index (κ2) is 9.45. The summed E-state index contributed by atoms with van der Waals surface area (Å²) in [5, 5.41) is 3.29. The van der Waals surface area contributed by atoms with Gasteiger partial charge in [0.05, 0.1) is 13.7 Å². The fourth-order valence-electron chi connectivity index (χ4n) is 3.23. The average Bonchev–Trinajstić information content (AvgIpc) is 2.74. The molecule has 1 amide bonds. The van der Waals surface area contributed by atoms with Crippen LogP contribution in [0.25, 0.3) is 11.0 Å². The van der Waals surface area contributed by atoms with Gasteiger partial charge in [0.2, 0.25) is 5.75 Å². The summed E-state index contributed by atoms with van der Waals surface area (Å²) in [4.78, 5) is 25.2. The predicted octanol–water partition coefficient (Wildman–Crippen LogP) is 4.25. The van der Waals surface area contributed by atoms with E-state index in [9.17, 15) is 9.59 Å². The number of nitrogens with one attached hydrogen (secondary N) is 1. The highest BCUT2D eigenvalue weighted by atomic mass is 16.5. The van der Waals surface area contributed by atoms with Gasteiger partial charge in [-0.3, -0.25) is 4.79 Å². The summed E-state index contributed by atoms with van der Waals surface area (Å²) >= 11 is 0. The molecule has 0 bridgehead atoms. The van der Waals surface area contributed by atoms with E-state index in [1.54, 1.807) is 24.3 Å². The zero-order valence-electron chi connectivity index (χ0n) is 17.4. The van der Waals surface area contributed by atoms with Crippen molar-refractivity contribution in [2.24, 2.45) is 5.73 Å². The monoisotopic (exact) mass is 410 g/mol. The Morgan fingerprint density at radius 3 is 2.53 bits per heavy atom. The highest BCUT2D eigenvalue weighted by Crippen LogP contribution is 2.35. The fourth-order valence-corrected chi connectivity index (χ4v) is 3.23. The van der Waals surface area contributed by atoms with Crippen LogP contribution >= 0.6 is 0 Å². The summed E-state index contributed by atoms with van der Waals surface area (Å²) in [6.45, 7) is 4.27. The molecule has 0 fully saturated rings. The number of methoxy groups -OCH3 is 1. The molecule has 30 heavy (non-hydrogen) atoms. The van der Waals surface area contributed by atoms with Crippen LogP contribution in [-0.4, -0.2) is 19.6 Å². The van der Waals surface area contributed by atoms with Crippen molar-refractivity contribution in [1.29, 1.82) is 0 Å². The third-order valence-electron chi connectivity index (χ3n) is 4.77. The summed E-state index contributed by atoms with van der Waals surface area (Å²) in [5.74, 6) is 0.233. The number of benzene rings is 2. The highest BCUT2D eigenvalue weighted by Gasteiger charge is 2.18. The molecule has 0 saturated heterocycles.